The van der Waals surface area contributed by atoms with Crippen molar-refractivity contribution in [2.45, 2.75) is 32.7 Å². The van der Waals surface area contributed by atoms with Gasteiger partial charge in [-0.05, 0) is 35.2 Å². The maximum atomic E-state index is 5.87. The van der Waals surface area contributed by atoms with E-state index in [-0.39, 0.29) is 0 Å². The Hall–Kier alpha value is -0.963. The SMILES string of the molecule is CC(C)C(C)(C)[SiH2]Oc1ccc(N)cc1. The summed E-state index contributed by atoms with van der Waals surface area (Å²) in [6.07, 6.45) is 0. The Morgan fingerprint density at radius 3 is 2.20 bits per heavy atom. The third-order valence-electron chi connectivity index (χ3n) is 3.05. The summed E-state index contributed by atoms with van der Waals surface area (Å²) in [4.78, 5) is 0. The number of nitrogens with two attached hydrogens (primary N) is 1. The standard InChI is InChI=1S/C12H21NOSi/c1-9(2)12(3,4)15-14-11-7-5-10(13)6-8-11/h5-9H,13,15H2,1-4H3. The Balaban J connectivity index is 2.54. The van der Waals surface area contributed by atoms with Crippen LogP contribution in [0.4, 0.5) is 5.69 Å². The van der Waals surface area contributed by atoms with Gasteiger partial charge in [-0.25, -0.2) is 0 Å². The zero-order valence-electron chi connectivity index (χ0n) is 10.1. The minimum Gasteiger partial charge on any atom is -0.549 e. The second-order valence-electron chi connectivity index (χ2n) is 5.00. The molecule has 1 rings (SSSR count). The fourth-order valence-corrected chi connectivity index (χ4v) is 2.06. The van der Waals surface area contributed by atoms with Gasteiger partial charge in [0.15, 0.2) is 0 Å². The van der Waals surface area contributed by atoms with Crippen molar-refractivity contribution in [1.82, 2.24) is 0 Å². The quantitative estimate of drug-likeness (QED) is 0.629. The normalized spacial score (nSPS) is 12.6. The fourth-order valence-electron chi connectivity index (χ4n) is 1.00. The van der Waals surface area contributed by atoms with Gasteiger partial charge in [0.1, 0.15) is 5.75 Å². The molecule has 0 fully saturated rings. The smallest absolute Gasteiger partial charge is 0.225 e. The molecule has 3 heteroatoms. The molecule has 0 heterocycles. The lowest BCUT2D eigenvalue weighted by Gasteiger charge is -2.28. The molecule has 0 unspecified atom stereocenters. The molecule has 0 saturated heterocycles. The van der Waals surface area contributed by atoms with Crippen LogP contribution < -0.4 is 10.2 Å². The van der Waals surface area contributed by atoms with Crippen molar-refractivity contribution < 1.29 is 4.43 Å². The van der Waals surface area contributed by atoms with Crippen LogP contribution in [0.15, 0.2) is 24.3 Å². The lowest BCUT2D eigenvalue weighted by molar-refractivity contribution is 0.428. The Morgan fingerprint density at radius 2 is 1.73 bits per heavy atom. The van der Waals surface area contributed by atoms with Gasteiger partial charge in [0.2, 0.25) is 9.76 Å². The van der Waals surface area contributed by atoms with E-state index in [2.05, 4.69) is 27.7 Å². The van der Waals surface area contributed by atoms with E-state index in [1.54, 1.807) is 0 Å². The average molecular weight is 223 g/mol. The molecule has 0 amide bonds. The third-order valence-corrected chi connectivity index (χ3v) is 5.09. The number of nitrogen functional groups attached to an aromatic ring is 1. The zero-order valence-corrected chi connectivity index (χ0v) is 11.5. The predicted molar refractivity (Wildman–Crippen MR) is 68.9 cm³/mol. The van der Waals surface area contributed by atoms with E-state index >= 15 is 0 Å². The number of rotatable bonds is 4. The summed E-state index contributed by atoms with van der Waals surface area (Å²) in [5.41, 5.74) is 6.40. The van der Waals surface area contributed by atoms with Crippen LogP contribution in [0.5, 0.6) is 5.75 Å². The molecule has 2 N–H and O–H groups in total. The van der Waals surface area contributed by atoms with Crippen LogP contribution in [0.25, 0.3) is 0 Å². The topological polar surface area (TPSA) is 35.2 Å². The van der Waals surface area contributed by atoms with E-state index in [1.807, 2.05) is 24.3 Å². The van der Waals surface area contributed by atoms with Crippen molar-refractivity contribution in [2.24, 2.45) is 5.92 Å². The predicted octanol–water partition coefficient (Wildman–Crippen LogP) is 2.59. The molecule has 1 aromatic rings. The molecule has 0 spiro atoms. The molecule has 0 aliphatic carbocycles. The minimum atomic E-state index is -0.560. The maximum Gasteiger partial charge on any atom is 0.225 e. The molecule has 0 radical (unpaired) electrons. The number of benzene rings is 1. The zero-order chi connectivity index (χ0) is 11.5. The Labute approximate surface area is 94.8 Å². The monoisotopic (exact) mass is 223 g/mol. The van der Waals surface area contributed by atoms with Crippen molar-refractivity contribution in [3.8, 4) is 5.75 Å². The van der Waals surface area contributed by atoms with Gasteiger partial charge in [0.25, 0.3) is 0 Å². The summed E-state index contributed by atoms with van der Waals surface area (Å²) in [5, 5.41) is 0.335. The van der Waals surface area contributed by atoms with Crippen molar-refractivity contribution >= 4 is 15.5 Å². The maximum absolute atomic E-state index is 5.87. The van der Waals surface area contributed by atoms with E-state index < -0.39 is 9.76 Å². The molecular formula is C12H21NOSi. The molecule has 0 aliphatic rings. The Morgan fingerprint density at radius 1 is 1.20 bits per heavy atom. The van der Waals surface area contributed by atoms with Crippen LogP contribution in [0.2, 0.25) is 5.04 Å². The summed E-state index contributed by atoms with van der Waals surface area (Å²) in [6.45, 7) is 9.06. The second kappa shape index (κ2) is 4.70. The molecule has 1 aromatic carbocycles. The van der Waals surface area contributed by atoms with E-state index in [4.69, 9.17) is 10.2 Å². The van der Waals surface area contributed by atoms with Gasteiger partial charge in [-0.3, -0.25) is 0 Å². The van der Waals surface area contributed by atoms with E-state index in [1.165, 1.54) is 0 Å². The number of hydrogen-bond donors (Lipinski definition) is 1. The molecule has 0 saturated carbocycles. The van der Waals surface area contributed by atoms with E-state index in [0.717, 1.165) is 11.4 Å². The van der Waals surface area contributed by atoms with Gasteiger partial charge in [-0.2, -0.15) is 0 Å². The molecule has 0 aliphatic heterocycles. The Bertz CT molecular complexity index is 306. The molecule has 84 valence electrons. The molecule has 15 heavy (non-hydrogen) atoms. The van der Waals surface area contributed by atoms with Crippen molar-refractivity contribution in [1.29, 1.82) is 0 Å². The average Bonchev–Trinajstić information content (AvgIpc) is 2.17. The van der Waals surface area contributed by atoms with Gasteiger partial charge < -0.3 is 10.2 Å². The number of anilines is 1. The van der Waals surface area contributed by atoms with E-state index in [0.29, 0.717) is 11.0 Å². The molecule has 0 bridgehead atoms. The highest BCUT2D eigenvalue weighted by Gasteiger charge is 2.24. The van der Waals surface area contributed by atoms with Crippen LogP contribution in [0.3, 0.4) is 0 Å². The number of hydrogen-bond acceptors (Lipinski definition) is 2. The third kappa shape index (κ3) is 3.59. The first kappa shape index (κ1) is 12.1. The van der Waals surface area contributed by atoms with E-state index in [9.17, 15) is 0 Å². The second-order valence-corrected chi connectivity index (χ2v) is 7.40. The summed E-state index contributed by atoms with van der Waals surface area (Å²) >= 11 is 0. The fraction of sp³-hybridized carbons (Fsp3) is 0.500. The van der Waals surface area contributed by atoms with Crippen molar-refractivity contribution in [3.63, 3.8) is 0 Å². The van der Waals surface area contributed by atoms with Gasteiger partial charge in [0.05, 0.1) is 0 Å². The largest absolute Gasteiger partial charge is 0.549 e. The van der Waals surface area contributed by atoms with Crippen LogP contribution in [-0.2, 0) is 0 Å². The molecule has 0 aromatic heterocycles. The Kier molecular flexibility index (Phi) is 3.80. The highest BCUT2D eigenvalue weighted by Crippen LogP contribution is 2.33. The first-order valence-corrected chi connectivity index (χ1v) is 6.68. The molecule has 2 nitrogen and oxygen atoms in total. The highest BCUT2D eigenvalue weighted by atomic mass is 28.2. The van der Waals surface area contributed by atoms with Crippen molar-refractivity contribution in [3.05, 3.63) is 24.3 Å². The van der Waals surface area contributed by atoms with Gasteiger partial charge in [-0.15, -0.1) is 0 Å². The molecule has 0 atom stereocenters. The van der Waals surface area contributed by atoms with Gasteiger partial charge >= 0.3 is 0 Å². The summed E-state index contributed by atoms with van der Waals surface area (Å²) in [5.74, 6) is 1.61. The van der Waals surface area contributed by atoms with Gasteiger partial charge in [-0.1, -0.05) is 27.7 Å². The van der Waals surface area contributed by atoms with Crippen LogP contribution in [0.1, 0.15) is 27.7 Å². The van der Waals surface area contributed by atoms with Crippen LogP contribution in [0, 0.1) is 5.92 Å². The lowest BCUT2D eigenvalue weighted by Crippen LogP contribution is -2.24. The van der Waals surface area contributed by atoms with Crippen LogP contribution in [-0.4, -0.2) is 9.76 Å². The first-order valence-electron chi connectivity index (χ1n) is 5.40. The first-order chi connectivity index (χ1) is 6.92. The summed E-state index contributed by atoms with van der Waals surface area (Å²) in [6, 6.07) is 7.65. The highest BCUT2D eigenvalue weighted by molar-refractivity contribution is 6.33. The van der Waals surface area contributed by atoms with Crippen LogP contribution >= 0.6 is 0 Å². The van der Waals surface area contributed by atoms with Crippen molar-refractivity contribution in [2.75, 3.05) is 5.73 Å². The lowest BCUT2D eigenvalue weighted by atomic mass is 9.99. The summed E-state index contributed by atoms with van der Waals surface area (Å²) in [7, 11) is -0.560. The van der Waals surface area contributed by atoms with Gasteiger partial charge in [0, 0.05) is 5.69 Å². The molecular weight excluding hydrogens is 202 g/mol. The summed E-state index contributed by atoms with van der Waals surface area (Å²) < 4.78 is 5.87. The minimum absolute atomic E-state index is 0.335.